The number of aromatic amines is 2. The van der Waals surface area contributed by atoms with Crippen LogP contribution in [0.15, 0.2) is 38.8 Å². The lowest BCUT2D eigenvalue weighted by Crippen LogP contribution is -2.46. The molecule has 0 spiro atoms. The summed E-state index contributed by atoms with van der Waals surface area (Å²) >= 11 is 0. The third-order valence-corrected chi connectivity index (χ3v) is 7.03. The Morgan fingerprint density at radius 2 is 1.86 bits per heavy atom. The van der Waals surface area contributed by atoms with Crippen molar-refractivity contribution in [1.29, 1.82) is 0 Å². The van der Waals surface area contributed by atoms with Crippen molar-refractivity contribution in [1.82, 2.24) is 19.6 Å². The number of hydrogen-bond donors (Lipinski definition) is 3. The topological polar surface area (TPSA) is 132 Å². The van der Waals surface area contributed by atoms with Crippen LogP contribution in [0, 0.1) is 19.8 Å². The number of amides is 1. The molecule has 1 aliphatic rings. The molecule has 1 fully saturated rings. The standard InChI is InChI=1S/C19H24N4O5S/c1-12-5-7-14(8-6-12)10-20-17(24)15-4-3-9-23(11-15)29(27,28)16-13(2)21-19(26)22-18(16)25/h5-8,15H,3-4,9-11H2,1-2H3,(H,20,24)(H2,21,22,25,26)/t15-/m0/s1. The van der Waals surface area contributed by atoms with Gasteiger partial charge < -0.3 is 10.3 Å². The molecule has 0 bridgehead atoms. The normalized spacial score (nSPS) is 17.8. The molecule has 156 valence electrons. The Bertz CT molecular complexity index is 1120. The highest BCUT2D eigenvalue weighted by molar-refractivity contribution is 7.89. The Labute approximate surface area is 168 Å². The van der Waals surface area contributed by atoms with Crippen LogP contribution in [-0.4, -0.2) is 41.7 Å². The van der Waals surface area contributed by atoms with E-state index in [1.165, 1.54) is 6.92 Å². The van der Waals surface area contributed by atoms with Crippen molar-refractivity contribution >= 4 is 15.9 Å². The Kier molecular flexibility index (Phi) is 6.04. The zero-order valence-electron chi connectivity index (χ0n) is 16.3. The fourth-order valence-corrected chi connectivity index (χ4v) is 5.17. The highest BCUT2D eigenvalue weighted by atomic mass is 32.2. The molecule has 1 aromatic carbocycles. The Morgan fingerprint density at radius 1 is 1.17 bits per heavy atom. The third-order valence-electron chi connectivity index (χ3n) is 5.02. The summed E-state index contributed by atoms with van der Waals surface area (Å²) in [4.78, 5) is 39.8. The molecule has 1 saturated heterocycles. The van der Waals surface area contributed by atoms with Gasteiger partial charge in [0, 0.05) is 25.3 Å². The first-order chi connectivity index (χ1) is 13.7. The Balaban J connectivity index is 1.73. The van der Waals surface area contributed by atoms with E-state index in [2.05, 4.69) is 10.3 Å². The van der Waals surface area contributed by atoms with Gasteiger partial charge in [0.25, 0.3) is 5.56 Å². The third kappa shape index (κ3) is 4.65. The van der Waals surface area contributed by atoms with Crippen LogP contribution in [0.5, 0.6) is 0 Å². The van der Waals surface area contributed by atoms with Gasteiger partial charge in [0.2, 0.25) is 15.9 Å². The molecule has 3 N–H and O–H groups in total. The van der Waals surface area contributed by atoms with Crippen LogP contribution >= 0.6 is 0 Å². The number of hydrogen-bond acceptors (Lipinski definition) is 5. The van der Waals surface area contributed by atoms with Crippen molar-refractivity contribution in [2.75, 3.05) is 13.1 Å². The lowest BCUT2D eigenvalue weighted by molar-refractivity contribution is -0.126. The molecule has 1 aromatic heterocycles. The first-order valence-corrected chi connectivity index (χ1v) is 10.8. The van der Waals surface area contributed by atoms with Gasteiger partial charge in [0.05, 0.1) is 5.92 Å². The fraction of sp³-hybridized carbons (Fsp3) is 0.421. The van der Waals surface area contributed by atoms with Gasteiger partial charge in [-0.15, -0.1) is 0 Å². The van der Waals surface area contributed by atoms with Crippen LogP contribution in [0.4, 0.5) is 0 Å². The van der Waals surface area contributed by atoms with Crippen LogP contribution in [0.25, 0.3) is 0 Å². The highest BCUT2D eigenvalue weighted by Crippen LogP contribution is 2.23. The second-order valence-electron chi connectivity index (χ2n) is 7.27. The number of carbonyl (C=O) groups excluding carboxylic acids is 1. The van der Waals surface area contributed by atoms with Gasteiger partial charge in [-0.2, -0.15) is 4.31 Å². The lowest BCUT2D eigenvalue weighted by atomic mass is 9.98. The van der Waals surface area contributed by atoms with Gasteiger partial charge in [-0.25, -0.2) is 13.2 Å². The maximum atomic E-state index is 13.0. The van der Waals surface area contributed by atoms with Crippen molar-refractivity contribution in [3.63, 3.8) is 0 Å². The molecule has 0 unspecified atom stereocenters. The molecule has 0 aliphatic carbocycles. The molecular weight excluding hydrogens is 396 g/mol. The molecule has 0 radical (unpaired) electrons. The van der Waals surface area contributed by atoms with Crippen LogP contribution in [0.1, 0.15) is 29.7 Å². The van der Waals surface area contributed by atoms with Gasteiger partial charge in [-0.05, 0) is 32.3 Å². The predicted molar refractivity (Wildman–Crippen MR) is 107 cm³/mol. The molecule has 0 saturated carbocycles. The molecule has 10 heteroatoms. The summed E-state index contributed by atoms with van der Waals surface area (Å²) in [6.07, 6.45) is 1.06. The fourth-order valence-electron chi connectivity index (χ4n) is 3.44. The van der Waals surface area contributed by atoms with E-state index in [9.17, 15) is 22.8 Å². The van der Waals surface area contributed by atoms with Crippen LogP contribution < -0.4 is 16.6 Å². The van der Waals surface area contributed by atoms with E-state index in [0.29, 0.717) is 19.4 Å². The molecular formula is C19H24N4O5S. The first kappa shape index (κ1) is 21.0. The van der Waals surface area contributed by atoms with E-state index in [1.54, 1.807) is 0 Å². The number of rotatable bonds is 5. The molecule has 2 aromatic rings. The van der Waals surface area contributed by atoms with E-state index < -0.39 is 32.1 Å². The number of nitrogens with one attached hydrogen (secondary N) is 3. The average molecular weight is 420 g/mol. The van der Waals surface area contributed by atoms with Gasteiger partial charge in [-0.1, -0.05) is 29.8 Å². The molecule has 2 heterocycles. The van der Waals surface area contributed by atoms with Gasteiger partial charge in [-0.3, -0.25) is 14.6 Å². The number of aromatic nitrogens is 2. The van der Waals surface area contributed by atoms with Crippen molar-refractivity contribution in [2.45, 2.75) is 38.1 Å². The van der Waals surface area contributed by atoms with Crippen LogP contribution in [-0.2, 0) is 21.4 Å². The number of carbonyl (C=O) groups is 1. The number of benzene rings is 1. The largest absolute Gasteiger partial charge is 0.352 e. The quantitative estimate of drug-likeness (QED) is 0.644. The SMILES string of the molecule is Cc1ccc(CNC(=O)[C@H]2CCCN(S(=O)(=O)c3c(C)[nH]c(=O)[nH]c3=O)C2)cc1. The van der Waals surface area contributed by atoms with E-state index in [4.69, 9.17) is 0 Å². The number of piperidine rings is 1. The number of nitrogens with zero attached hydrogens (tertiary/aromatic N) is 1. The monoisotopic (exact) mass is 420 g/mol. The Morgan fingerprint density at radius 3 is 2.52 bits per heavy atom. The Hall–Kier alpha value is -2.72. The molecule has 3 rings (SSSR count). The van der Waals surface area contributed by atoms with Crippen molar-refractivity contribution < 1.29 is 13.2 Å². The summed E-state index contributed by atoms with van der Waals surface area (Å²) < 4.78 is 27.1. The predicted octanol–water partition coefficient (Wildman–Crippen LogP) is 0.397. The average Bonchev–Trinajstić information content (AvgIpc) is 2.66. The van der Waals surface area contributed by atoms with Crippen molar-refractivity contribution in [2.24, 2.45) is 5.92 Å². The summed E-state index contributed by atoms with van der Waals surface area (Å²) in [5, 5.41) is 2.85. The smallest absolute Gasteiger partial charge is 0.325 e. The number of H-pyrrole nitrogens is 2. The summed E-state index contributed by atoms with van der Waals surface area (Å²) in [5.74, 6) is -0.733. The van der Waals surface area contributed by atoms with Crippen LogP contribution in [0.3, 0.4) is 0 Å². The van der Waals surface area contributed by atoms with Crippen molar-refractivity contribution in [3.05, 3.63) is 61.9 Å². The molecule has 29 heavy (non-hydrogen) atoms. The second kappa shape index (κ2) is 8.34. The lowest BCUT2D eigenvalue weighted by Gasteiger charge is -2.31. The second-order valence-corrected chi connectivity index (χ2v) is 9.14. The van der Waals surface area contributed by atoms with E-state index in [0.717, 1.165) is 15.4 Å². The maximum absolute atomic E-state index is 13.0. The molecule has 1 aliphatic heterocycles. The van der Waals surface area contributed by atoms with Crippen LogP contribution in [0.2, 0.25) is 0 Å². The summed E-state index contributed by atoms with van der Waals surface area (Å²) in [6.45, 7) is 3.90. The zero-order valence-corrected chi connectivity index (χ0v) is 17.1. The maximum Gasteiger partial charge on any atom is 0.325 e. The number of aryl methyl sites for hydroxylation is 2. The van der Waals surface area contributed by atoms with E-state index in [-0.39, 0.29) is 24.7 Å². The first-order valence-electron chi connectivity index (χ1n) is 9.35. The van der Waals surface area contributed by atoms with E-state index in [1.807, 2.05) is 36.2 Å². The minimum Gasteiger partial charge on any atom is -0.352 e. The van der Waals surface area contributed by atoms with E-state index >= 15 is 0 Å². The molecule has 9 nitrogen and oxygen atoms in total. The summed E-state index contributed by atoms with van der Waals surface area (Å²) in [5.41, 5.74) is 0.334. The minimum atomic E-state index is -4.14. The van der Waals surface area contributed by atoms with Gasteiger partial charge in [0.1, 0.15) is 0 Å². The van der Waals surface area contributed by atoms with Gasteiger partial charge in [0.15, 0.2) is 4.90 Å². The minimum absolute atomic E-state index is 0.0138. The van der Waals surface area contributed by atoms with Gasteiger partial charge >= 0.3 is 5.69 Å². The highest BCUT2D eigenvalue weighted by Gasteiger charge is 2.35. The zero-order chi connectivity index (χ0) is 21.2. The van der Waals surface area contributed by atoms with Crippen molar-refractivity contribution in [3.8, 4) is 0 Å². The molecule has 1 atom stereocenters. The summed E-state index contributed by atoms with van der Waals surface area (Å²) in [7, 11) is -4.14. The summed E-state index contributed by atoms with van der Waals surface area (Å²) in [6, 6.07) is 7.78. The number of sulfonamides is 1. The molecule has 1 amide bonds.